The van der Waals surface area contributed by atoms with Crippen LogP contribution in [0.1, 0.15) is 119 Å². The van der Waals surface area contributed by atoms with Gasteiger partial charge in [0.2, 0.25) is 6.71 Å². The molecule has 238 valence electrons. The molecule has 2 heteroatoms. The number of hydrogen-bond donors (Lipinski definition) is 0. The molecule has 4 aromatic carbocycles. The smallest absolute Gasteiger partial charge is 0.212 e. The van der Waals surface area contributed by atoms with Crippen LogP contribution in [-0.4, -0.2) is 12.3 Å². The van der Waals surface area contributed by atoms with Crippen LogP contribution in [0.5, 0.6) is 0 Å². The lowest BCUT2D eigenvalue weighted by molar-refractivity contribution is 0.195. The molecular weight excluding hydrogens is 565 g/mol. The number of fused-ring (bicyclic) bond motifs is 9. The van der Waals surface area contributed by atoms with E-state index < -0.39 is 0 Å². The highest BCUT2D eigenvalue weighted by atomic mass is 15.3. The first-order chi connectivity index (χ1) is 22.7. The number of hydrogen-bond acceptors (Lipinski definition) is 1. The third-order valence-corrected chi connectivity index (χ3v) is 13.9. The van der Waals surface area contributed by atoms with Crippen LogP contribution in [0.2, 0.25) is 6.82 Å². The molecule has 0 spiro atoms. The Morgan fingerprint density at radius 3 is 2.34 bits per heavy atom. The number of unbranched alkanes of at least 4 members (excludes halogenated alkanes) is 2. The van der Waals surface area contributed by atoms with Crippen LogP contribution in [0.15, 0.2) is 78.4 Å². The molecule has 2 heterocycles. The molecular formula is C45H50BN. The van der Waals surface area contributed by atoms with Crippen LogP contribution < -0.4 is 15.8 Å². The maximum Gasteiger partial charge on any atom is 0.212 e. The summed E-state index contributed by atoms with van der Waals surface area (Å²) >= 11 is 0. The zero-order valence-corrected chi connectivity index (χ0v) is 29.5. The Morgan fingerprint density at radius 1 is 0.745 bits per heavy atom. The van der Waals surface area contributed by atoms with E-state index in [0.717, 1.165) is 19.3 Å². The maximum atomic E-state index is 2.89. The molecule has 0 bridgehead atoms. The van der Waals surface area contributed by atoms with Gasteiger partial charge in [-0.05, 0) is 107 Å². The minimum absolute atomic E-state index is 0.0890. The fraction of sp³-hybridized carbons (Fsp3) is 0.422. The summed E-state index contributed by atoms with van der Waals surface area (Å²) in [5.41, 5.74) is 21.8. The van der Waals surface area contributed by atoms with Crippen LogP contribution >= 0.6 is 0 Å². The van der Waals surface area contributed by atoms with E-state index in [-0.39, 0.29) is 16.4 Å². The Kier molecular flexibility index (Phi) is 6.45. The molecule has 0 radical (unpaired) electrons. The molecule has 1 nitrogen and oxygen atoms in total. The van der Waals surface area contributed by atoms with E-state index in [0.29, 0.717) is 6.71 Å². The van der Waals surface area contributed by atoms with Gasteiger partial charge in [-0.25, -0.2) is 0 Å². The number of rotatable bonds is 5. The molecule has 2 unspecified atom stereocenters. The number of anilines is 2. The van der Waals surface area contributed by atoms with Crippen molar-refractivity contribution in [1.82, 2.24) is 0 Å². The molecule has 2 atom stereocenters. The van der Waals surface area contributed by atoms with Gasteiger partial charge in [-0.2, -0.15) is 0 Å². The molecule has 4 aromatic rings. The number of benzene rings is 4. The Morgan fingerprint density at radius 2 is 1.49 bits per heavy atom. The van der Waals surface area contributed by atoms with E-state index >= 15 is 0 Å². The normalized spacial score (nSPS) is 24.4. The third kappa shape index (κ3) is 3.79. The number of para-hydroxylation sites is 1. The summed E-state index contributed by atoms with van der Waals surface area (Å²) in [5.74, 6) is 0. The van der Waals surface area contributed by atoms with Crippen molar-refractivity contribution in [3.63, 3.8) is 0 Å². The number of nitrogens with zero attached hydrogens (tertiary/aromatic N) is 1. The van der Waals surface area contributed by atoms with E-state index in [1.54, 1.807) is 27.9 Å². The van der Waals surface area contributed by atoms with Gasteiger partial charge >= 0.3 is 0 Å². The summed E-state index contributed by atoms with van der Waals surface area (Å²) in [6.45, 7) is 15.3. The van der Waals surface area contributed by atoms with Crippen molar-refractivity contribution in [2.24, 2.45) is 0 Å². The molecule has 5 aliphatic rings. The molecule has 9 rings (SSSR count). The van der Waals surface area contributed by atoms with Crippen molar-refractivity contribution in [1.29, 1.82) is 0 Å². The molecule has 0 amide bonds. The monoisotopic (exact) mass is 615 g/mol. The summed E-state index contributed by atoms with van der Waals surface area (Å²) in [4.78, 5) is 2.89. The second kappa shape index (κ2) is 10.2. The molecule has 1 fully saturated rings. The Hall–Kier alpha value is -3.52. The molecule has 47 heavy (non-hydrogen) atoms. The summed E-state index contributed by atoms with van der Waals surface area (Å²) in [6.07, 6.45) is 12.4. The second-order valence-corrected chi connectivity index (χ2v) is 16.5. The van der Waals surface area contributed by atoms with E-state index in [9.17, 15) is 0 Å². The Labute approximate surface area is 283 Å². The molecule has 0 saturated heterocycles. The summed E-state index contributed by atoms with van der Waals surface area (Å²) in [7, 11) is 0. The van der Waals surface area contributed by atoms with Crippen molar-refractivity contribution in [2.75, 3.05) is 4.90 Å². The van der Waals surface area contributed by atoms with Gasteiger partial charge < -0.3 is 4.90 Å². The zero-order chi connectivity index (χ0) is 32.3. The van der Waals surface area contributed by atoms with Gasteiger partial charge in [0.25, 0.3) is 0 Å². The van der Waals surface area contributed by atoms with E-state index in [4.69, 9.17) is 0 Å². The fourth-order valence-electron chi connectivity index (χ4n) is 11.2. The minimum Gasteiger partial charge on any atom is -0.335 e. The van der Waals surface area contributed by atoms with Gasteiger partial charge in [0.1, 0.15) is 0 Å². The van der Waals surface area contributed by atoms with Gasteiger partial charge in [0.05, 0.1) is 5.54 Å². The van der Waals surface area contributed by atoms with Crippen molar-refractivity contribution in [3.05, 3.63) is 112 Å². The van der Waals surface area contributed by atoms with Gasteiger partial charge in [-0.1, -0.05) is 138 Å². The Balaban J connectivity index is 1.30. The van der Waals surface area contributed by atoms with Crippen LogP contribution in [0, 0.1) is 0 Å². The first kappa shape index (κ1) is 29.6. The predicted octanol–water partition coefficient (Wildman–Crippen LogP) is 10.4. The first-order valence-electron chi connectivity index (χ1n) is 18.8. The standard InChI is InChI=1S/C45H50BN/c1-7-8-9-16-29-27-34(30-18-14-19-32-31(30)23-24-36-40(32)33-17-10-11-20-35(33)43(36,2)3)41-39(28-29)47-42-37(21-15-22-38(42)46(41)6)44(4)25-12-13-26-45(44,47)5/h10-11,14-15,17-22,27-28H,7-9,12-13,16,23-26H2,1-6H3. The maximum absolute atomic E-state index is 2.89. The fourth-order valence-corrected chi connectivity index (χ4v) is 11.2. The van der Waals surface area contributed by atoms with Crippen LogP contribution in [0.4, 0.5) is 11.4 Å². The lowest BCUT2D eigenvalue weighted by Crippen LogP contribution is -2.59. The molecule has 3 aliphatic carbocycles. The van der Waals surface area contributed by atoms with Crippen molar-refractivity contribution < 1.29 is 0 Å². The van der Waals surface area contributed by atoms with Gasteiger partial charge in [0, 0.05) is 22.2 Å². The lowest BCUT2D eigenvalue weighted by atomic mass is 9.39. The summed E-state index contributed by atoms with van der Waals surface area (Å²) < 4.78 is 0. The van der Waals surface area contributed by atoms with Gasteiger partial charge in [0.15, 0.2) is 0 Å². The SMILES string of the molecule is CCCCCc1cc(-c2cccc3c2CCC2=C3c3ccccc3C2(C)C)c2c(c1)N1c3c(cccc3C3(C)CCCCC13C)B2C. The van der Waals surface area contributed by atoms with Crippen molar-refractivity contribution in [3.8, 4) is 11.1 Å². The predicted molar refractivity (Wildman–Crippen MR) is 203 cm³/mol. The number of allylic oxidation sites excluding steroid dienone is 1. The third-order valence-electron chi connectivity index (χ3n) is 13.9. The highest BCUT2D eigenvalue weighted by Crippen LogP contribution is 2.61. The highest BCUT2D eigenvalue weighted by Gasteiger charge is 2.60. The molecule has 0 N–H and O–H groups in total. The van der Waals surface area contributed by atoms with E-state index in [1.165, 1.54) is 95.0 Å². The van der Waals surface area contributed by atoms with Gasteiger partial charge in [-0.3, -0.25) is 0 Å². The largest absolute Gasteiger partial charge is 0.335 e. The van der Waals surface area contributed by atoms with Gasteiger partial charge in [-0.15, -0.1) is 0 Å². The van der Waals surface area contributed by atoms with E-state index in [2.05, 4.69) is 119 Å². The lowest BCUT2D eigenvalue weighted by Gasteiger charge is -2.52. The summed E-state index contributed by atoms with van der Waals surface area (Å²) in [6, 6.07) is 29.1. The Bertz CT molecular complexity index is 2000. The molecule has 2 aliphatic heterocycles. The first-order valence-corrected chi connectivity index (χ1v) is 18.8. The van der Waals surface area contributed by atoms with E-state index in [1.807, 2.05) is 0 Å². The number of aryl methyl sites for hydroxylation is 1. The second-order valence-electron chi connectivity index (χ2n) is 16.5. The molecule has 0 aromatic heterocycles. The van der Waals surface area contributed by atoms with Crippen LogP contribution in [0.3, 0.4) is 0 Å². The minimum atomic E-state index is 0.0890. The van der Waals surface area contributed by atoms with Crippen LogP contribution in [-0.2, 0) is 23.7 Å². The molecule has 1 saturated carbocycles. The highest BCUT2D eigenvalue weighted by molar-refractivity contribution is 6.88. The summed E-state index contributed by atoms with van der Waals surface area (Å²) in [5, 5.41) is 0. The quantitative estimate of drug-likeness (QED) is 0.160. The van der Waals surface area contributed by atoms with Crippen molar-refractivity contribution >= 4 is 34.6 Å². The zero-order valence-electron chi connectivity index (χ0n) is 29.5. The van der Waals surface area contributed by atoms with Crippen LogP contribution in [0.25, 0.3) is 16.7 Å². The van der Waals surface area contributed by atoms with Crippen molar-refractivity contribution in [2.45, 2.75) is 122 Å². The average Bonchev–Trinajstić information content (AvgIpc) is 3.45. The average molecular weight is 616 g/mol. The topological polar surface area (TPSA) is 3.24 Å².